The Kier molecular flexibility index (Phi) is 6.68. The van der Waals surface area contributed by atoms with Crippen LogP contribution in [0.2, 0.25) is 0 Å². The van der Waals surface area contributed by atoms with Crippen LogP contribution in [0.3, 0.4) is 0 Å². The smallest absolute Gasteiger partial charge is 0.311 e. The highest BCUT2D eigenvalue weighted by Crippen LogP contribution is 2.22. The molecule has 1 heterocycles. The maximum atomic E-state index is 13.1. The molecule has 2 unspecified atom stereocenters. The fourth-order valence-corrected chi connectivity index (χ4v) is 3.96. The number of hydrogen-bond donors (Lipinski definition) is 1. The number of halogens is 1. The van der Waals surface area contributed by atoms with Crippen LogP contribution in [0, 0.1) is 11.7 Å². The summed E-state index contributed by atoms with van der Waals surface area (Å²) < 4.78 is 18.6. The lowest BCUT2D eigenvalue weighted by molar-refractivity contribution is -0.158. The summed E-state index contributed by atoms with van der Waals surface area (Å²) in [4.78, 5) is 39.5. The Labute approximate surface area is 191 Å². The normalized spacial score (nSPS) is 16.8. The predicted octanol–water partition coefficient (Wildman–Crippen LogP) is 4.40. The average Bonchev–Trinajstić information content (AvgIpc) is 2.84. The van der Waals surface area contributed by atoms with Crippen LogP contribution in [0.15, 0.2) is 66.7 Å². The van der Waals surface area contributed by atoms with Crippen LogP contribution >= 0.6 is 0 Å². The van der Waals surface area contributed by atoms with Crippen molar-refractivity contribution in [3.05, 3.63) is 78.1 Å². The summed E-state index contributed by atoms with van der Waals surface area (Å²) in [5.41, 5.74) is 0.990. The number of fused-ring (bicyclic) bond motifs is 1. The maximum absolute atomic E-state index is 13.1. The Morgan fingerprint density at radius 2 is 1.76 bits per heavy atom. The molecule has 1 fully saturated rings. The second-order valence-electron chi connectivity index (χ2n) is 8.23. The largest absolute Gasteiger partial charge is 0.452 e. The summed E-state index contributed by atoms with van der Waals surface area (Å²) in [5.74, 6) is -2.11. The van der Waals surface area contributed by atoms with Crippen LogP contribution < -0.4 is 5.32 Å². The number of esters is 1. The van der Waals surface area contributed by atoms with Gasteiger partial charge in [0.1, 0.15) is 5.82 Å². The van der Waals surface area contributed by atoms with Crippen LogP contribution in [0.1, 0.15) is 30.1 Å². The predicted molar refractivity (Wildman–Crippen MR) is 123 cm³/mol. The number of rotatable bonds is 5. The number of carbonyl (C=O) groups is 3. The molecule has 0 aliphatic carbocycles. The third kappa shape index (κ3) is 5.37. The van der Waals surface area contributed by atoms with Gasteiger partial charge in [0.2, 0.25) is 0 Å². The zero-order chi connectivity index (χ0) is 23.4. The van der Waals surface area contributed by atoms with Crippen molar-refractivity contribution in [2.24, 2.45) is 5.92 Å². The molecule has 7 heteroatoms. The van der Waals surface area contributed by atoms with Gasteiger partial charge in [0, 0.05) is 24.3 Å². The summed E-state index contributed by atoms with van der Waals surface area (Å²) in [7, 11) is 0. The molecule has 0 spiro atoms. The Morgan fingerprint density at radius 1 is 1.03 bits per heavy atom. The van der Waals surface area contributed by atoms with E-state index >= 15 is 0 Å². The molecule has 0 saturated carbocycles. The van der Waals surface area contributed by atoms with E-state index in [-0.39, 0.29) is 12.5 Å². The molecule has 1 aliphatic rings. The monoisotopic (exact) mass is 448 g/mol. The van der Waals surface area contributed by atoms with Gasteiger partial charge in [-0.3, -0.25) is 14.4 Å². The lowest BCUT2D eigenvalue weighted by Gasteiger charge is -2.32. The van der Waals surface area contributed by atoms with E-state index < -0.39 is 29.7 Å². The number of benzene rings is 3. The van der Waals surface area contributed by atoms with Gasteiger partial charge in [-0.1, -0.05) is 30.3 Å². The molecule has 0 aromatic heterocycles. The van der Waals surface area contributed by atoms with E-state index in [0.29, 0.717) is 30.6 Å². The van der Waals surface area contributed by atoms with E-state index in [1.807, 2.05) is 36.4 Å². The van der Waals surface area contributed by atoms with E-state index in [2.05, 4.69) is 5.32 Å². The van der Waals surface area contributed by atoms with Gasteiger partial charge in [0.25, 0.3) is 11.8 Å². The molecule has 1 aliphatic heterocycles. The molecular weight excluding hydrogens is 423 g/mol. The van der Waals surface area contributed by atoms with Crippen LogP contribution in [-0.2, 0) is 14.3 Å². The first kappa shape index (κ1) is 22.5. The number of hydrogen-bond acceptors (Lipinski definition) is 4. The molecule has 2 amide bonds. The molecule has 1 N–H and O–H groups in total. The Morgan fingerprint density at radius 3 is 2.52 bits per heavy atom. The minimum atomic E-state index is -0.979. The van der Waals surface area contributed by atoms with Gasteiger partial charge >= 0.3 is 5.97 Å². The van der Waals surface area contributed by atoms with Gasteiger partial charge < -0.3 is 15.0 Å². The second kappa shape index (κ2) is 9.81. The van der Waals surface area contributed by atoms with Gasteiger partial charge in [0.15, 0.2) is 6.10 Å². The van der Waals surface area contributed by atoms with E-state index in [4.69, 9.17) is 4.74 Å². The number of nitrogens with zero attached hydrogens (tertiary/aromatic N) is 1. The fraction of sp³-hybridized carbons (Fsp3) is 0.269. The van der Waals surface area contributed by atoms with E-state index in [0.717, 1.165) is 10.8 Å². The highest BCUT2D eigenvalue weighted by molar-refractivity contribution is 5.98. The number of likely N-dealkylation sites (tertiary alicyclic amines) is 1. The average molecular weight is 448 g/mol. The van der Waals surface area contributed by atoms with Gasteiger partial charge in [-0.15, -0.1) is 0 Å². The molecule has 0 bridgehead atoms. The SMILES string of the molecule is CC(OC(=O)C1CCCN(C(=O)c2ccc(F)cc2)C1)C(=O)Nc1ccc2ccccc2c1. The van der Waals surface area contributed by atoms with Crippen molar-refractivity contribution in [3.63, 3.8) is 0 Å². The van der Waals surface area contributed by atoms with Crippen molar-refractivity contribution in [1.29, 1.82) is 0 Å². The van der Waals surface area contributed by atoms with E-state index in [1.54, 1.807) is 11.0 Å². The third-order valence-electron chi connectivity index (χ3n) is 5.81. The van der Waals surface area contributed by atoms with Crippen molar-refractivity contribution in [3.8, 4) is 0 Å². The van der Waals surface area contributed by atoms with Crippen LogP contribution in [0.4, 0.5) is 10.1 Å². The lowest BCUT2D eigenvalue weighted by Crippen LogP contribution is -2.44. The Balaban J connectivity index is 1.33. The Bertz CT molecular complexity index is 1180. The number of carbonyl (C=O) groups excluding carboxylic acids is 3. The second-order valence-corrected chi connectivity index (χ2v) is 8.23. The quantitative estimate of drug-likeness (QED) is 0.587. The molecule has 0 radical (unpaired) electrons. The van der Waals surface area contributed by atoms with Gasteiger partial charge in [-0.2, -0.15) is 0 Å². The first-order valence-corrected chi connectivity index (χ1v) is 11.0. The molecule has 3 aromatic carbocycles. The van der Waals surface area contributed by atoms with Crippen molar-refractivity contribution >= 4 is 34.2 Å². The molecule has 1 saturated heterocycles. The molecular formula is C26H25FN2O4. The fourth-order valence-electron chi connectivity index (χ4n) is 3.96. The van der Waals surface area contributed by atoms with Crippen molar-refractivity contribution in [2.75, 3.05) is 18.4 Å². The van der Waals surface area contributed by atoms with E-state index in [9.17, 15) is 18.8 Å². The van der Waals surface area contributed by atoms with Gasteiger partial charge in [-0.05, 0) is 66.9 Å². The van der Waals surface area contributed by atoms with Crippen LogP contribution in [0.5, 0.6) is 0 Å². The molecule has 3 aromatic rings. The first-order valence-electron chi connectivity index (χ1n) is 11.0. The minimum absolute atomic E-state index is 0.202. The van der Waals surface area contributed by atoms with Gasteiger partial charge in [0.05, 0.1) is 5.92 Å². The van der Waals surface area contributed by atoms with Crippen molar-refractivity contribution in [1.82, 2.24) is 4.90 Å². The summed E-state index contributed by atoms with van der Waals surface area (Å²) in [6.07, 6.45) is 0.238. The van der Waals surface area contributed by atoms with E-state index in [1.165, 1.54) is 31.2 Å². The number of nitrogens with one attached hydrogen (secondary N) is 1. The van der Waals surface area contributed by atoms with Crippen molar-refractivity contribution in [2.45, 2.75) is 25.9 Å². The molecule has 6 nitrogen and oxygen atoms in total. The summed E-state index contributed by atoms with van der Waals surface area (Å²) in [6, 6.07) is 18.7. The zero-order valence-corrected chi connectivity index (χ0v) is 18.3. The van der Waals surface area contributed by atoms with Crippen molar-refractivity contribution < 1.29 is 23.5 Å². The highest BCUT2D eigenvalue weighted by Gasteiger charge is 2.31. The highest BCUT2D eigenvalue weighted by atomic mass is 19.1. The number of anilines is 1. The molecule has 2 atom stereocenters. The topological polar surface area (TPSA) is 75.7 Å². The number of ether oxygens (including phenoxy) is 1. The summed E-state index contributed by atoms with van der Waals surface area (Å²) in [5, 5.41) is 4.84. The standard InChI is InChI=1S/C26H25FN2O4/c1-17(24(30)28-23-13-10-18-5-2-3-6-20(18)15-23)33-26(32)21-7-4-14-29(16-21)25(31)19-8-11-22(27)12-9-19/h2-3,5-6,8-13,15,17,21H,4,7,14,16H2,1H3,(H,28,30). The van der Waals surface area contributed by atoms with Crippen LogP contribution in [0.25, 0.3) is 10.8 Å². The Hall–Kier alpha value is -3.74. The minimum Gasteiger partial charge on any atom is -0.452 e. The van der Waals surface area contributed by atoms with Gasteiger partial charge in [-0.25, -0.2) is 4.39 Å². The summed E-state index contributed by atoms with van der Waals surface area (Å²) in [6.45, 7) is 2.24. The summed E-state index contributed by atoms with van der Waals surface area (Å²) >= 11 is 0. The third-order valence-corrected chi connectivity index (χ3v) is 5.81. The molecule has 4 rings (SSSR count). The lowest BCUT2D eigenvalue weighted by atomic mass is 9.97. The first-order chi connectivity index (χ1) is 15.9. The molecule has 170 valence electrons. The molecule has 33 heavy (non-hydrogen) atoms. The zero-order valence-electron chi connectivity index (χ0n) is 18.3. The maximum Gasteiger partial charge on any atom is 0.311 e. The van der Waals surface area contributed by atoms with Crippen LogP contribution in [-0.4, -0.2) is 41.9 Å². The number of amides is 2. The number of piperidine rings is 1.